The van der Waals surface area contributed by atoms with Crippen LogP contribution in [0.3, 0.4) is 0 Å². The summed E-state index contributed by atoms with van der Waals surface area (Å²) in [4.78, 5) is 11.2. The van der Waals surface area contributed by atoms with E-state index in [1.165, 1.54) is 0 Å². The topological polar surface area (TPSA) is 17.1 Å². The van der Waals surface area contributed by atoms with Gasteiger partial charge in [-0.25, -0.2) is 4.39 Å². The molecule has 1 aliphatic carbocycles. The lowest BCUT2D eigenvalue weighted by molar-refractivity contribution is 0.0899. The van der Waals surface area contributed by atoms with Crippen molar-refractivity contribution in [2.24, 2.45) is 0 Å². The van der Waals surface area contributed by atoms with E-state index in [0.29, 0.717) is 10.6 Å². The summed E-state index contributed by atoms with van der Waals surface area (Å²) in [5.41, 5.74) is 1.09. The average molecular weight is 185 g/mol. The van der Waals surface area contributed by atoms with Crippen molar-refractivity contribution in [3.8, 4) is 0 Å². The van der Waals surface area contributed by atoms with Crippen molar-refractivity contribution in [1.29, 1.82) is 0 Å². The molecule has 0 spiro atoms. The van der Waals surface area contributed by atoms with Gasteiger partial charge in [-0.1, -0.05) is 23.7 Å². The number of fused-ring (bicyclic) bond motifs is 1. The van der Waals surface area contributed by atoms with E-state index >= 15 is 0 Å². The normalized spacial score (nSPS) is 21.2. The van der Waals surface area contributed by atoms with Crippen LogP contribution < -0.4 is 0 Å². The first-order chi connectivity index (χ1) is 5.70. The van der Waals surface area contributed by atoms with Gasteiger partial charge in [-0.05, 0) is 11.6 Å². The minimum absolute atomic E-state index is 0.175. The molecule has 0 aliphatic heterocycles. The Kier molecular flexibility index (Phi) is 1.65. The van der Waals surface area contributed by atoms with E-state index < -0.39 is 12.0 Å². The molecule has 1 unspecified atom stereocenters. The van der Waals surface area contributed by atoms with Crippen LogP contribution >= 0.6 is 11.6 Å². The summed E-state index contributed by atoms with van der Waals surface area (Å²) < 4.78 is 12.9. The first-order valence-corrected chi connectivity index (χ1v) is 4.03. The number of alkyl halides is 1. The highest BCUT2D eigenvalue weighted by Crippen LogP contribution is 2.29. The second-order valence-electron chi connectivity index (χ2n) is 2.81. The molecule has 62 valence electrons. The fourth-order valence-electron chi connectivity index (χ4n) is 1.46. The third-order valence-corrected chi connectivity index (χ3v) is 2.34. The molecule has 0 heterocycles. The van der Waals surface area contributed by atoms with Crippen LogP contribution in [0.15, 0.2) is 18.2 Å². The highest BCUT2D eigenvalue weighted by Gasteiger charge is 2.31. The van der Waals surface area contributed by atoms with Crippen molar-refractivity contribution >= 4 is 17.4 Å². The Labute approximate surface area is 74.2 Å². The second-order valence-corrected chi connectivity index (χ2v) is 3.22. The van der Waals surface area contributed by atoms with Gasteiger partial charge >= 0.3 is 0 Å². The maximum atomic E-state index is 12.9. The fraction of sp³-hybridized carbons (Fsp3) is 0.222. The van der Waals surface area contributed by atoms with Gasteiger partial charge in [-0.3, -0.25) is 4.79 Å². The number of Topliss-reactive ketones (excluding diaryl/α,β-unsaturated/α-hetero) is 1. The number of hydrogen-bond donors (Lipinski definition) is 0. The predicted octanol–water partition coefficient (Wildman–Crippen LogP) is 2.42. The molecule has 0 bridgehead atoms. The molecule has 12 heavy (non-hydrogen) atoms. The first-order valence-electron chi connectivity index (χ1n) is 3.66. The van der Waals surface area contributed by atoms with E-state index in [1.807, 2.05) is 0 Å². The molecule has 1 aromatic carbocycles. The van der Waals surface area contributed by atoms with Gasteiger partial charge in [0.05, 0.1) is 5.02 Å². The molecule has 2 rings (SSSR count). The van der Waals surface area contributed by atoms with E-state index in [9.17, 15) is 9.18 Å². The number of halogens is 2. The third kappa shape index (κ3) is 0.950. The van der Waals surface area contributed by atoms with Crippen LogP contribution in [0, 0.1) is 0 Å². The lowest BCUT2D eigenvalue weighted by atomic mass is 10.1. The van der Waals surface area contributed by atoms with Gasteiger partial charge in [-0.15, -0.1) is 0 Å². The lowest BCUT2D eigenvalue weighted by Gasteiger charge is -1.97. The molecule has 1 atom stereocenters. The maximum Gasteiger partial charge on any atom is 0.199 e. The molecule has 0 aromatic heterocycles. The molecule has 0 amide bonds. The number of carbonyl (C=O) groups excluding carboxylic acids is 1. The van der Waals surface area contributed by atoms with Gasteiger partial charge < -0.3 is 0 Å². The summed E-state index contributed by atoms with van der Waals surface area (Å²) in [6.07, 6.45) is -1.21. The zero-order valence-electron chi connectivity index (χ0n) is 6.18. The Morgan fingerprint density at radius 2 is 2.25 bits per heavy atom. The molecule has 0 saturated carbocycles. The van der Waals surface area contributed by atoms with Crippen LogP contribution in [0.1, 0.15) is 15.9 Å². The van der Waals surface area contributed by atoms with Crippen LogP contribution in [0.2, 0.25) is 5.02 Å². The van der Waals surface area contributed by atoms with E-state index in [2.05, 4.69) is 0 Å². The third-order valence-electron chi connectivity index (χ3n) is 2.03. The SMILES string of the molecule is O=C1c2c(Cl)cccc2CC1F. The molecule has 1 aliphatic rings. The van der Waals surface area contributed by atoms with E-state index in [4.69, 9.17) is 11.6 Å². The Balaban J connectivity index is 2.62. The van der Waals surface area contributed by atoms with Crippen molar-refractivity contribution in [2.75, 3.05) is 0 Å². The van der Waals surface area contributed by atoms with E-state index in [1.54, 1.807) is 18.2 Å². The quantitative estimate of drug-likeness (QED) is 0.605. The molecule has 3 heteroatoms. The zero-order chi connectivity index (χ0) is 8.72. The Bertz CT molecular complexity index is 348. The van der Waals surface area contributed by atoms with E-state index in [0.717, 1.165) is 5.56 Å². The molecule has 1 aromatic rings. The fourth-order valence-corrected chi connectivity index (χ4v) is 1.74. The van der Waals surface area contributed by atoms with Crippen molar-refractivity contribution in [2.45, 2.75) is 12.6 Å². The highest BCUT2D eigenvalue weighted by molar-refractivity contribution is 6.34. The van der Waals surface area contributed by atoms with Crippen molar-refractivity contribution in [1.82, 2.24) is 0 Å². The summed E-state index contributed by atoms with van der Waals surface area (Å²) >= 11 is 5.74. The first kappa shape index (κ1) is 7.74. The molecule has 0 N–H and O–H groups in total. The monoisotopic (exact) mass is 184 g/mol. The molecular weight excluding hydrogens is 179 g/mol. The molecule has 0 radical (unpaired) electrons. The van der Waals surface area contributed by atoms with E-state index in [-0.39, 0.29) is 6.42 Å². The summed E-state index contributed by atoms with van der Waals surface area (Å²) in [5.74, 6) is -0.476. The highest BCUT2D eigenvalue weighted by atomic mass is 35.5. The van der Waals surface area contributed by atoms with Gasteiger partial charge in [0.15, 0.2) is 12.0 Å². The van der Waals surface area contributed by atoms with Gasteiger partial charge in [0.1, 0.15) is 0 Å². The van der Waals surface area contributed by atoms with Crippen LogP contribution in [0.25, 0.3) is 0 Å². The number of ketones is 1. The van der Waals surface area contributed by atoms with Crippen molar-refractivity contribution in [3.05, 3.63) is 34.3 Å². The standard InChI is InChI=1S/C9H6ClFO/c10-6-3-1-2-5-4-7(11)9(12)8(5)6/h1-3,7H,4H2. The summed E-state index contributed by atoms with van der Waals surface area (Å²) in [6.45, 7) is 0. The summed E-state index contributed by atoms with van der Waals surface area (Å²) in [7, 11) is 0. The second kappa shape index (κ2) is 2.56. The molecule has 0 fully saturated rings. The van der Waals surface area contributed by atoms with Gasteiger partial charge in [0, 0.05) is 12.0 Å². The largest absolute Gasteiger partial charge is 0.291 e. The van der Waals surface area contributed by atoms with Crippen LogP contribution in [0.4, 0.5) is 4.39 Å². The summed E-state index contributed by atoms with van der Waals surface area (Å²) in [6, 6.07) is 5.07. The lowest BCUT2D eigenvalue weighted by Crippen LogP contribution is -2.08. The van der Waals surface area contributed by atoms with Gasteiger partial charge in [0.2, 0.25) is 0 Å². The minimum atomic E-state index is -1.39. The van der Waals surface area contributed by atoms with Crippen molar-refractivity contribution in [3.63, 3.8) is 0 Å². The molecule has 1 nitrogen and oxygen atoms in total. The molecule has 0 saturated heterocycles. The average Bonchev–Trinajstić information content (AvgIpc) is 2.29. The van der Waals surface area contributed by atoms with Gasteiger partial charge in [-0.2, -0.15) is 0 Å². The zero-order valence-corrected chi connectivity index (χ0v) is 6.94. The smallest absolute Gasteiger partial charge is 0.199 e. The maximum absolute atomic E-state index is 12.9. The van der Waals surface area contributed by atoms with Crippen LogP contribution in [-0.4, -0.2) is 12.0 Å². The molecular formula is C9H6ClFO. The minimum Gasteiger partial charge on any atom is -0.291 e. The summed E-state index contributed by atoms with van der Waals surface area (Å²) in [5, 5.41) is 0.359. The Hall–Kier alpha value is -0.890. The Morgan fingerprint density at radius 1 is 1.50 bits per heavy atom. The number of rotatable bonds is 0. The Morgan fingerprint density at radius 3 is 2.92 bits per heavy atom. The van der Waals surface area contributed by atoms with Crippen LogP contribution in [-0.2, 0) is 6.42 Å². The van der Waals surface area contributed by atoms with Crippen LogP contribution in [0.5, 0.6) is 0 Å². The number of hydrogen-bond acceptors (Lipinski definition) is 1. The number of carbonyl (C=O) groups is 1. The van der Waals surface area contributed by atoms with Crippen molar-refractivity contribution < 1.29 is 9.18 Å². The predicted molar refractivity (Wildman–Crippen MR) is 44.4 cm³/mol. The van der Waals surface area contributed by atoms with Gasteiger partial charge in [0.25, 0.3) is 0 Å². The number of benzene rings is 1.